The summed E-state index contributed by atoms with van der Waals surface area (Å²) in [6.07, 6.45) is -14.9. The largest absolute Gasteiger partial charge is 0.478 e. The van der Waals surface area contributed by atoms with Gasteiger partial charge in [0.2, 0.25) is 12.2 Å². The Kier molecular flexibility index (Phi) is 9.29. The molecule has 0 aliphatic heterocycles. The zero-order valence-corrected chi connectivity index (χ0v) is 21.7. The summed E-state index contributed by atoms with van der Waals surface area (Å²) in [7, 11) is 0. The van der Waals surface area contributed by atoms with Crippen LogP contribution in [0.15, 0.2) is 66.7 Å². The molecule has 3 rings (SSSR count). The fourth-order valence-corrected chi connectivity index (χ4v) is 3.66. The van der Waals surface area contributed by atoms with E-state index in [1.165, 1.54) is 6.07 Å². The summed E-state index contributed by atoms with van der Waals surface area (Å²) in [6.45, 7) is 3.32. The summed E-state index contributed by atoms with van der Waals surface area (Å²) in [5.74, 6) is -6.60. The molecule has 222 valence electrons. The van der Waals surface area contributed by atoms with E-state index in [0.717, 1.165) is 29.8 Å². The minimum atomic E-state index is -4.86. The molecule has 0 heterocycles. The van der Waals surface area contributed by atoms with Crippen molar-refractivity contribution in [2.75, 3.05) is 5.32 Å². The molecule has 0 saturated carbocycles. The quantitative estimate of drug-likeness (QED) is 0.248. The van der Waals surface area contributed by atoms with Gasteiger partial charge in [-0.1, -0.05) is 29.8 Å². The van der Waals surface area contributed by atoms with Crippen LogP contribution < -0.4 is 5.32 Å². The van der Waals surface area contributed by atoms with Crippen LogP contribution in [0.5, 0.6) is 0 Å². The molecule has 14 heteroatoms. The molecule has 0 aliphatic rings. The lowest BCUT2D eigenvalue weighted by Gasteiger charge is -2.24. The number of ether oxygens (including phenoxy) is 2. The molecule has 3 aromatic rings. The smallest absolute Gasteiger partial charge is 0.416 e. The van der Waals surface area contributed by atoms with Crippen LogP contribution in [0.3, 0.4) is 0 Å². The maximum absolute atomic E-state index is 13.2. The second-order valence-electron chi connectivity index (χ2n) is 8.95. The molecule has 8 nitrogen and oxygen atoms in total. The monoisotopic (exact) mass is 597 g/mol. The van der Waals surface area contributed by atoms with Gasteiger partial charge in [0.25, 0.3) is 5.91 Å². The van der Waals surface area contributed by atoms with Gasteiger partial charge >= 0.3 is 30.3 Å². The third-order valence-electron chi connectivity index (χ3n) is 5.74. The van der Waals surface area contributed by atoms with Crippen LogP contribution >= 0.6 is 0 Å². The molecule has 0 aromatic heterocycles. The Hall–Kier alpha value is -4.88. The van der Waals surface area contributed by atoms with Gasteiger partial charge in [-0.2, -0.15) is 26.3 Å². The van der Waals surface area contributed by atoms with Gasteiger partial charge in [0.1, 0.15) is 0 Å². The van der Waals surface area contributed by atoms with Crippen molar-refractivity contribution in [2.24, 2.45) is 0 Å². The molecule has 1 amide bonds. The number of hydrogen-bond donors (Lipinski definition) is 2. The topological polar surface area (TPSA) is 119 Å². The molecular weight excluding hydrogens is 576 g/mol. The van der Waals surface area contributed by atoms with E-state index < -0.39 is 70.6 Å². The predicted molar refractivity (Wildman–Crippen MR) is 133 cm³/mol. The van der Waals surface area contributed by atoms with E-state index in [9.17, 15) is 50.6 Å². The molecule has 3 aromatic carbocycles. The van der Waals surface area contributed by atoms with Crippen molar-refractivity contribution in [3.8, 4) is 0 Å². The molecule has 42 heavy (non-hydrogen) atoms. The summed E-state index contributed by atoms with van der Waals surface area (Å²) >= 11 is 0. The molecule has 2 atom stereocenters. The average molecular weight is 597 g/mol. The molecule has 0 fully saturated rings. The van der Waals surface area contributed by atoms with Crippen molar-refractivity contribution in [3.63, 3.8) is 0 Å². The first kappa shape index (κ1) is 31.6. The third-order valence-corrected chi connectivity index (χ3v) is 5.74. The minimum absolute atomic E-state index is 0.124. The van der Waals surface area contributed by atoms with Crippen molar-refractivity contribution >= 4 is 29.5 Å². The van der Waals surface area contributed by atoms with E-state index in [1.54, 1.807) is 26.0 Å². The number of benzene rings is 3. The van der Waals surface area contributed by atoms with Crippen LogP contribution in [-0.4, -0.2) is 41.1 Å². The summed E-state index contributed by atoms with van der Waals surface area (Å²) in [5, 5.41) is 12.1. The first-order valence-corrected chi connectivity index (χ1v) is 11.8. The first-order chi connectivity index (χ1) is 19.5. The van der Waals surface area contributed by atoms with Crippen LogP contribution in [0, 0.1) is 13.8 Å². The maximum atomic E-state index is 13.2. The summed E-state index contributed by atoms with van der Waals surface area (Å²) in [6, 6.07) is 10.2. The molecule has 0 spiro atoms. The van der Waals surface area contributed by atoms with Gasteiger partial charge in [-0.3, -0.25) is 4.79 Å². The van der Waals surface area contributed by atoms with Gasteiger partial charge in [-0.05, 0) is 61.9 Å². The van der Waals surface area contributed by atoms with Gasteiger partial charge in [0, 0.05) is 5.69 Å². The fourth-order valence-electron chi connectivity index (χ4n) is 3.66. The van der Waals surface area contributed by atoms with Gasteiger partial charge in [-0.15, -0.1) is 0 Å². The number of aryl methyl sites for hydroxylation is 2. The summed E-state index contributed by atoms with van der Waals surface area (Å²) in [4.78, 5) is 50.8. The molecule has 0 unspecified atom stereocenters. The van der Waals surface area contributed by atoms with Gasteiger partial charge in [0.15, 0.2) is 0 Å². The van der Waals surface area contributed by atoms with Crippen LogP contribution in [0.2, 0.25) is 0 Å². The average Bonchev–Trinajstić information content (AvgIpc) is 2.91. The number of carbonyl (C=O) groups excluding carboxylic acids is 3. The van der Waals surface area contributed by atoms with Crippen molar-refractivity contribution in [2.45, 2.75) is 38.4 Å². The normalized spacial score (nSPS) is 13.0. The number of alkyl halides is 6. The molecular formula is C28H21F6NO7. The van der Waals surface area contributed by atoms with Gasteiger partial charge in [-0.25, -0.2) is 14.4 Å². The first-order valence-electron chi connectivity index (χ1n) is 11.8. The standard InChI is InChI=1S/C28H21F6NO7/c1-14-9-10-20(15(2)11-14)35-23(36)21(41-25(39)16-5-3-7-18(12-16)27(29,30)31)22(24(37)38)42-26(40)17-6-4-8-19(13-17)28(32,33)34/h3-13,21-22H,1-2H3,(H,35,36)(H,37,38)/t21-,22-/m0/s1. The predicted octanol–water partition coefficient (Wildman–Crippen LogP) is 5.82. The highest BCUT2D eigenvalue weighted by atomic mass is 19.4. The number of anilines is 1. The summed E-state index contributed by atoms with van der Waals surface area (Å²) < 4.78 is 88.6. The van der Waals surface area contributed by atoms with E-state index in [-0.39, 0.29) is 5.69 Å². The molecule has 0 radical (unpaired) electrons. The van der Waals surface area contributed by atoms with Crippen LogP contribution in [0.25, 0.3) is 0 Å². The molecule has 2 N–H and O–H groups in total. The minimum Gasteiger partial charge on any atom is -0.478 e. The Morgan fingerprint density at radius 3 is 1.62 bits per heavy atom. The van der Waals surface area contributed by atoms with Crippen molar-refractivity contribution in [1.29, 1.82) is 0 Å². The lowest BCUT2D eigenvalue weighted by molar-refractivity contribution is -0.157. The van der Waals surface area contributed by atoms with Crippen molar-refractivity contribution in [3.05, 3.63) is 100 Å². The maximum Gasteiger partial charge on any atom is 0.416 e. The van der Waals surface area contributed by atoms with E-state index in [1.807, 2.05) is 0 Å². The second kappa shape index (κ2) is 12.3. The SMILES string of the molecule is Cc1ccc(NC(=O)[C@@H](OC(=O)c2cccc(C(F)(F)F)c2)[C@H](OC(=O)c2cccc(C(F)(F)F)c2)C(=O)O)c(C)c1. The molecule has 0 bridgehead atoms. The number of carboxylic acid groups (broad SMARTS) is 1. The molecule has 0 saturated heterocycles. The van der Waals surface area contributed by atoms with Gasteiger partial charge in [0.05, 0.1) is 22.3 Å². The van der Waals surface area contributed by atoms with Gasteiger partial charge < -0.3 is 19.9 Å². The van der Waals surface area contributed by atoms with E-state index in [4.69, 9.17) is 9.47 Å². The lowest BCUT2D eigenvalue weighted by atomic mass is 10.1. The van der Waals surface area contributed by atoms with Crippen molar-refractivity contribution < 1.29 is 60.1 Å². The third kappa shape index (κ3) is 7.86. The van der Waals surface area contributed by atoms with E-state index >= 15 is 0 Å². The Labute approximate surface area is 233 Å². The van der Waals surface area contributed by atoms with Crippen molar-refractivity contribution in [1.82, 2.24) is 0 Å². The van der Waals surface area contributed by atoms with E-state index in [0.29, 0.717) is 29.8 Å². The number of halogens is 6. The second-order valence-corrected chi connectivity index (χ2v) is 8.95. The highest BCUT2D eigenvalue weighted by molar-refractivity contribution is 6.02. The number of hydrogen-bond acceptors (Lipinski definition) is 6. The van der Waals surface area contributed by atoms with Crippen LogP contribution in [-0.2, 0) is 31.4 Å². The number of aliphatic carboxylic acids is 1. The van der Waals surface area contributed by atoms with E-state index in [2.05, 4.69) is 5.32 Å². The van der Waals surface area contributed by atoms with Crippen LogP contribution in [0.4, 0.5) is 32.0 Å². The number of nitrogens with one attached hydrogen (secondary N) is 1. The number of esters is 2. The van der Waals surface area contributed by atoms with Crippen LogP contribution in [0.1, 0.15) is 43.0 Å². The fraction of sp³-hybridized carbons (Fsp3) is 0.214. The Balaban J connectivity index is 1.99. The Morgan fingerprint density at radius 2 is 1.19 bits per heavy atom. The zero-order valence-electron chi connectivity index (χ0n) is 21.7. The number of carbonyl (C=O) groups is 4. The number of carboxylic acids is 1. The Morgan fingerprint density at radius 1 is 0.714 bits per heavy atom. The highest BCUT2D eigenvalue weighted by Gasteiger charge is 2.42. The number of amides is 1. The highest BCUT2D eigenvalue weighted by Crippen LogP contribution is 2.31. The Bertz CT molecular complexity index is 1520. The lowest BCUT2D eigenvalue weighted by Crippen LogP contribution is -2.48. The zero-order chi connectivity index (χ0) is 31.4. The summed E-state index contributed by atoms with van der Waals surface area (Å²) in [5.41, 5.74) is -2.58. The molecule has 0 aliphatic carbocycles. The number of rotatable bonds is 8.